The minimum absolute atomic E-state index is 0.0899. The van der Waals surface area contributed by atoms with Gasteiger partial charge in [0.25, 0.3) is 5.91 Å². The lowest BCUT2D eigenvalue weighted by Gasteiger charge is -2.34. The van der Waals surface area contributed by atoms with Crippen LogP contribution in [0.2, 0.25) is 0 Å². The smallest absolute Gasteiger partial charge is 0.271 e. The Morgan fingerprint density at radius 3 is 2.84 bits per heavy atom. The minimum Gasteiger partial charge on any atom is -0.346 e. The van der Waals surface area contributed by atoms with E-state index in [0.29, 0.717) is 31.2 Å². The normalized spacial score (nSPS) is 24.7. The molecule has 25 heavy (non-hydrogen) atoms. The van der Waals surface area contributed by atoms with Crippen molar-refractivity contribution in [3.8, 4) is 0 Å². The van der Waals surface area contributed by atoms with Crippen molar-refractivity contribution in [2.45, 2.75) is 39.4 Å². The number of imidazole rings is 1. The maximum Gasteiger partial charge on any atom is 0.271 e. The Labute approximate surface area is 150 Å². The molecule has 3 atom stereocenters. The van der Waals surface area contributed by atoms with E-state index in [-0.39, 0.29) is 23.8 Å². The van der Waals surface area contributed by atoms with Gasteiger partial charge in [0.15, 0.2) is 0 Å². The Hall–Kier alpha value is -2.15. The molecular formula is C18H22N4O2S. The monoisotopic (exact) mass is 358 g/mol. The van der Waals surface area contributed by atoms with E-state index in [0.717, 1.165) is 17.1 Å². The van der Waals surface area contributed by atoms with Gasteiger partial charge < -0.3 is 14.8 Å². The summed E-state index contributed by atoms with van der Waals surface area (Å²) >= 11 is 1.62. The third-order valence-corrected chi connectivity index (χ3v) is 6.05. The van der Waals surface area contributed by atoms with Crippen LogP contribution in [0, 0.1) is 11.8 Å². The Kier molecular flexibility index (Phi) is 4.11. The van der Waals surface area contributed by atoms with Crippen LogP contribution < -0.4 is 5.32 Å². The highest BCUT2D eigenvalue weighted by molar-refractivity contribution is 7.09. The third kappa shape index (κ3) is 3.08. The molecule has 1 N–H and O–H groups in total. The molecule has 1 aliphatic heterocycles. The summed E-state index contributed by atoms with van der Waals surface area (Å²) in [5.74, 6) is 1.54. The van der Waals surface area contributed by atoms with E-state index < -0.39 is 0 Å². The van der Waals surface area contributed by atoms with Gasteiger partial charge >= 0.3 is 0 Å². The third-order valence-electron chi connectivity index (χ3n) is 5.18. The maximum atomic E-state index is 12.6. The number of hydrogen-bond acceptors (Lipinski definition) is 4. The molecule has 132 valence electrons. The number of aromatic nitrogens is 2. The van der Waals surface area contributed by atoms with E-state index in [1.54, 1.807) is 17.5 Å². The number of rotatable bonds is 4. The van der Waals surface area contributed by atoms with Crippen molar-refractivity contribution in [3.63, 3.8) is 0 Å². The van der Waals surface area contributed by atoms with Gasteiger partial charge in [0, 0.05) is 30.1 Å². The predicted octanol–water partition coefficient (Wildman–Crippen LogP) is 2.43. The zero-order valence-electron chi connectivity index (χ0n) is 14.4. The van der Waals surface area contributed by atoms with Crippen LogP contribution in [0.5, 0.6) is 0 Å². The number of fused-ring (bicyclic) bond motifs is 1. The SMILES string of the molecule is C[C@@H]1C[C@H]1C(=O)N1CCn2cc(C(=O)NCc3cccs3)nc2[C@@H]1C. The lowest BCUT2D eigenvalue weighted by Crippen LogP contribution is -2.42. The molecule has 2 aliphatic rings. The molecule has 0 saturated heterocycles. The molecule has 0 unspecified atom stereocenters. The maximum absolute atomic E-state index is 12.6. The summed E-state index contributed by atoms with van der Waals surface area (Å²) in [6, 6.07) is 3.87. The molecule has 1 aliphatic carbocycles. The van der Waals surface area contributed by atoms with Crippen LogP contribution in [0.25, 0.3) is 0 Å². The first-order valence-corrected chi connectivity index (χ1v) is 9.60. The van der Waals surface area contributed by atoms with Crippen LogP contribution in [-0.2, 0) is 17.9 Å². The number of amides is 2. The van der Waals surface area contributed by atoms with Gasteiger partial charge in [-0.1, -0.05) is 13.0 Å². The number of hydrogen-bond donors (Lipinski definition) is 1. The van der Waals surface area contributed by atoms with E-state index in [4.69, 9.17) is 0 Å². The molecule has 0 bridgehead atoms. The first-order chi connectivity index (χ1) is 12.0. The fourth-order valence-electron chi connectivity index (χ4n) is 3.45. The number of nitrogens with zero attached hydrogens (tertiary/aromatic N) is 3. The lowest BCUT2D eigenvalue weighted by atomic mass is 10.1. The Bertz CT molecular complexity index is 798. The summed E-state index contributed by atoms with van der Waals surface area (Å²) in [5, 5.41) is 4.90. The summed E-state index contributed by atoms with van der Waals surface area (Å²) in [4.78, 5) is 32.5. The number of nitrogens with one attached hydrogen (secondary N) is 1. The quantitative estimate of drug-likeness (QED) is 0.913. The van der Waals surface area contributed by atoms with Gasteiger partial charge in [-0.25, -0.2) is 4.98 Å². The summed E-state index contributed by atoms with van der Waals surface area (Å²) in [6.45, 7) is 6.00. The van der Waals surface area contributed by atoms with Crippen LogP contribution in [0.3, 0.4) is 0 Å². The minimum atomic E-state index is -0.170. The van der Waals surface area contributed by atoms with Crippen molar-refractivity contribution < 1.29 is 9.59 Å². The van der Waals surface area contributed by atoms with E-state index in [2.05, 4.69) is 17.2 Å². The standard InChI is InChI=1S/C18H22N4O2S/c1-11-8-14(11)18(24)22-6-5-21-10-15(20-16(21)12(22)2)17(23)19-9-13-4-3-7-25-13/h3-4,7,10-12,14H,5-6,8-9H2,1-2H3,(H,19,23)/t11-,12+,14-/m1/s1. The summed E-state index contributed by atoms with van der Waals surface area (Å²) in [5.41, 5.74) is 0.424. The van der Waals surface area contributed by atoms with Gasteiger partial charge in [0.2, 0.25) is 5.91 Å². The molecule has 7 heteroatoms. The van der Waals surface area contributed by atoms with Gasteiger partial charge in [0.1, 0.15) is 11.5 Å². The molecule has 2 aromatic heterocycles. The van der Waals surface area contributed by atoms with Crippen LogP contribution >= 0.6 is 11.3 Å². The van der Waals surface area contributed by atoms with Gasteiger partial charge in [-0.15, -0.1) is 11.3 Å². The molecule has 1 saturated carbocycles. The highest BCUT2D eigenvalue weighted by Crippen LogP contribution is 2.41. The van der Waals surface area contributed by atoms with E-state index in [1.165, 1.54) is 0 Å². The van der Waals surface area contributed by atoms with Crippen LogP contribution in [-0.4, -0.2) is 32.8 Å². The second-order valence-electron chi connectivity index (χ2n) is 6.97. The van der Waals surface area contributed by atoms with Crippen molar-refractivity contribution in [3.05, 3.63) is 40.1 Å². The van der Waals surface area contributed by atoms with Crippen LogP contribution in [0.4, 0.5) is 0 Å². The molecular weight excluding hydrogens is 336 g/mol. The van der Waals surface area contributed by atoms with Crippen molar-refractivity contribution >= 4 is 23.2 Å². The molecule has 0 aromatic carbocycles. The van der Waals surface area contributed by atoms with Gasteiger partial charge in [-0.2, -0.15) is 0 Å². The average Bonchev–Trinajstić information content (AvgIpc) is 3.03. The Morgan fingerprint density at radius 2 is 2.16 bits per heavy atom. The lowest BCUT2D eigenvalue weighted by molar-refractivity contribution is -0.136. The zero-order valence-corrected chi connectivity index (χ0v) is 15.3. The first-order valence-electron chi connectivity index (χ1n) is 8.72. The average molecular weight is 358 g/mol. The van der Waals surface area contributed by atoms with Crippen molar-refractivity contribution in [2.24, 2.45) is 11.8 Å². The zero-order chi connectivity index (χ0) is 17.6. The fourth-order valence-corrected chi connectivity index (χ4v) is 4.10. The highest BCUT2D eigenvalue weighted by Gasteiger charge is 2.44. The Balaban J connectivity index is 1.46. The topological polar surface area (TPSA) is 67.2 Å². The molecule has 0 spiro atoms. The molecule has 6 nitrogen and oxygen atoms in total. The van der Waals surface area contributed by atoms with Gasteiger partial charge in [-0.3, -0.25) is 9.59 Å². The fraction of sp³-hybridized carbons (Fsp3) is 0.500. The number of thiophene rings is 1. The first kappa shape index (κ1) is 16.3. The molecule has 4 rings (SSSR count). The van der Waals surface area contributed by atoms with Crippen molar-refractivity contribution in [1.82, 2.24) is 19.8 Å². The van der Waals surface area contributed by atoms with Gasteiger partial charge in [0.05, 0.1) is 12.6 Å². The molecule has 3 heterocycles. The van der Waals surface area contributed by atoms with Gasteiger partial charge in [-0.05, 0) is 30.7 Å². The Morgan fingerprint density at radius 1 is 1.36 bits per heavy atom. The number of carbonyl (C=O) groups excluding carboxylic acids is 2. The summed E-state index contributed by atoms with van der Waals surface area (Å²) in [6.07, 6.45) is 2.80. The number of carbonyl (C=O) groups is 2. The van der Waals surface area contributed by atoms with Crippen LogP contribution in [0.1, 0.15) is 47.5 Å². The van der Waals surface area contributed by atoms with E-state index >= 15 is 0 Å². The summed E-state index contributed by atoms with van der Waals surface area (Å²) < 4.78 is 2.00. The molecule has 0 radical (unpaired) electrons. The largest absolute Gasteiger partial charge is 0.346 e. The van der Waals surface area contributed by atoms with Crippen molar-refractivity contribution in [2.75, 3.05) is 6.54 Å². The molecule has 2 amide bonds. The van der Waals surface area contributed by atoms with E-state index in [9.17, 15) is 9.59 Å². The van der Waals surface area contributed by atoms with E-state index in [1.807, 2.05) is 33.9 Å². The van der Waals surface area contributed by atoms with Crippen molar-refractivity contribution in [1.29, 1.82) is 0 Å². The predicted molar refractivity (Wildman–Crippen MR) is 95.1 cm³/mol. The molecule has 1 fully saturated rings. The second-order valence-corrected chi connectivity index (χ2v) is 8.00. The van der Waals surface area contributed by atoms with Crippen LogP contribution in [0.15, 0.2) is 23.7 Å². The highest BCUT2D eigenvalue weighted by atomic mass is 32.1. The molecule has 2 aromatic rings. The second kappa shape index (κ2) is 6.29. The summed E-state index contributed by atoms with van der Waals surface area (Å²) in [7, 11) is 0.